The van der Waals surface area contributed by atoms with Crippen LogP contribution in [0.5, 0.6) is 0 Å². The first-order valence-electron chi connectivity index (χ1n) is 19.5. The van der Waals surface area contributed by atoms with Crippen molar-refractivity contribution in [2.45, 2.75) is 0 Å². The zero-order chi connectivity index (χ0) is 38.2. The molecule has 12 aromatic rings. The maximum absolute atomic E-state index is 6.64. The molecule has 0 fully saturated rings. The van der Waals surface area contributed by atoms with Gasteiger partial charge in [0.2, 0.25) is 0 Å². The fourth-order valence-corrected chi connectivity index (χ4v) is 8.80. The van der Waals surface area contributed by atoms with Gasteiger partial charge >= 0.3 is 0 Å². The Hall–Kier alpha value is -7.89. The van der Waals surface area contributed by atoms with Crippen LogP contribution >= 0.6 is 0 Å². The summed E-state index contributed by atoms with van der Waals surface area (Å²) >= 11 is 0. The number of furan rings is 1. The van der Waals surface area contributed by atoms with Crippen LogP contribution in [-0.2, 0) is 0 Å². The monoisotopic (exact) mass is 740 g/mol. The van der Waals surface area contributed by atoms with Crippen molar-refractivity contribution in [3.8, 4) is 50.8 Å². The van der Waals surface area contributed by atoms with Crippen molar-refractivity contribution in [3.05, 3.63) is 194 Å². The molecule has 0 N–H and O–H groups in total. The van der Waals surface area contributed by atoms with Gasteiger partial charge in [-0.2, -0.15) is 0 Å². The zero-order valence-electron chi connectivity index (χ0n) is 31.2. The highest BCUT2D eigenvalue weighted by Gasteiger charge is 2.21. The Kier molecular flexibility index (Phi) is 7.16. The molecule has 5 nitrogen and oxygen atoms in total. The van der Waals surface area contributed by atoms with Crippen LogP contribution in [0.15, 0.2) is 199 Å². The van der Waals surface area contributed by atoms with E-state index in [0.717, 1.165) is 88.6 Å². The number of fused-ring (bicyclic) bond motifs is 9. The van der Waals surface area contributed by atoms with Gasteiger partial charge in [-0.3, -0.25) is 0 Å². The molecule has 0 aliphatic carbocycles. The molecule has 0 aliphatic heterocycles. The highest BCUT2D eigenvalue weighted by molar-refractivity contribution is 6.22. The van der Waals surface area contributed by atoms with Gasteiger partial charge in [0, 0.05) is 54.9 Å². The minimum absolute atomic E-state index is 0.670. The predicted molar refractivity (Wildman–Crippen MR) is 238 cm³/mol. The molecule has 0 unspecified atom stereocenters. The molecule has 0 saturated heterocycles. The minimum Gasteiger partial charge on any atom is -0.454 e. The van der Waals surface area contributed by atoms with Crippen molar-refractivity contribution in [2.75, 3.05) is 0 Å². The van der Waals surface area contributed by atoms with E-state index >= 15 is 0 Å². The molecule has 0 saturated carbocycles. The molecule has 0 atom stereocenters. The van der Waals surface area contributed by atoms with Gasteiger partial charge in [-0.15, -0.1) is 0 Å². The summed E-state index contributed by atoms with van der Waals surface area (Å²) in [6.45, 7) is 0. The van der Waals surface area contributed by atoms with Crippen molar-refractivity contribution in [1.82, 2.24) is 19.5 Å². The van der Waals surface area contributed by atoms with E-state index in [1.54, 1.807) is 0 Å². The second-order valence-corrected chi connectivity index (χ2v) is 14.7. The van der Waals surface area contributed by atoms with E-state index in [0.29, 0.717) is 5.82 Å². The standard InChI is InChI=1S/C53H32N4O/c1-2-15-33(16-3-1)53-55-45(34-17-14-18-35(31-34)57-47-26-11-7-21-39(47)40-22-8-12-27-48(40)57)32-46(56-53)38-29-30-41(37-20-5-4-19-36(37)38)51-52-50(42-23-6-10-25-44(42)54-51)43-24-9-13-28-49(43)58-52/h1-32H. The molecule has 0 aliphatic rings. The zero-order valence-corrected chi connectivity index (χ0v) is 31.2. The van der Waals surface area contributed by atoms with Crippen LogP contribution in [0.25, 0.3) is 116 Å². The summed E-state index contributed by atoms with van der Waals surface area (Å²) in [6.07, 6.45) is 0. The first-order valence-corrected chi connectivity index (χ1v) is 19.5. The van der Waals surface area contributed by atoms with Crippen LogP contribution in [0.3, 0.4) is 0 Å². The van der Waals surface area contributed by atoms with E-state index in [1.165, 1.54) is 21.8 Å². The smallest absolute Gasteiger partial charge is 0.162 e. The molecule has 270 valence electrons. The number of pyridine rings is 1. The molecule has 12 rings (SSSR count). The second-order valence-electron chi connectivity index (χ2n) is 14.7. The fraction of sp³-hybridized carbons (Fsp3) is 0. The summed E-state index contributed by atoms with van der Waals surface area (Å²) in [4.78, 5) is 15.8. The molecular formula is C53H32N4O. The molecule has 4 heterocycles. The lowest BCUT2D eigenvalue weighted by Crippen LogP contribution is -1.98. The third kappa shape index (κ3) is 5.00. The van der Waals surface area contributed by atoms with Gasteiger partial charge in [0.15, 0.2) is 11.4 Å². The molecule has 0 amide bonds. The lowest BCUT2D eigenvalue weighted by atomic mass is 9.94. The predicted octanol–water partition coefficient (Wildman–Crippen LogP) is 13.8. The molecule has 0 spiro atoms. The third-order valence-electron chi connectivity index (χ3n) is 11.4. The van der Waals surface area contributed by atoms with Crippen molar-refractivity contribution >= 4 is 65.4 Å². The number of hydrogen-bond acceptors (Lipinski definition) is 4. The topological polar surface area (TPSA) is 56.7 Å². The largest absolute Gasteiger partial charge is 0.454 e. The molecule has 0 radical (unpaired) electrons. The van der Waals surface area contributed by atoms with Crippen molar-refractivity contribution in [2.24, 2.45) is 0 Å². The summed E-state index contributed by atoms with van der Waals surface area (Å²) in [5.74, 6) is 0.670. The first-order chi connectivity index (χ1) is 28.8. The van der Waals surface area contributed by atoms with E-state index in [-0.39, 0.29) is 0 Å². The second kappa shape index (κ2) is 12.8. The van der Waals surface area contributed by atoms with Crippen LogP contribution < -0.4 is 0 Å². The van der Waals surface area contributed by atoms with Gasteiger partial charge in [0.05, 0.1) is 27.9 Å². The summed E-state index contributed by atoms with van der Waals surface area (Å²) in [5.41, 5.74) is 12.5. The lowest BCUT2D eigenvalue weighted by Gasteiger charge is -2.15. The number of hydrogen-bond donors (Lipinski definition) is 0. The number of rotatable bonds is 5. The highest BCUT2D eigenvalue weighted by Crippen LogP contribution is 2.43. The Morgan fingerprint density at radius 1 is 0.397 bits per heavy atom. The number of benzene rings is 8. The average Bonchev–Trinajstić information content (AvgIpc) is 3.86. The van der Waals surface area contributed by atoms with Gasteiger partial charge in [-0.05, 0) is 53.2 Å². The quantitative estimate of drug-likeness (QED) is 0.176. The van der Waals surface area contributed by atoms with Crippen molar-refractivity contribution in [1.29, 1.82) is 0 Å². The van der Waals surface area contributed by atoms with E-state index < -0.39 is 0 Å². The molecule has 58 heavy (non-hydrogen) atoms. The van der Waals surface area contributed by atoms with Gasteiger partial charge in [-0.25, -0.2) is 15.0 Å². The maximum Gasteiger partial charge on any atom is 0.162 e. The number of nitrogens with zero attached hydrogens (tertiary/aromatic N) is 4. The summed E-state index contributed by atoms with van der Waals surface area (Å²) in [6, 6.07) is 67.7. The molecule has 4 aromatic heterocycles. The van der Waals surface area contributed by atoms with Crippen LogP contribution in [0.4, 0.5) is 0 Å². The maximum atomic E-state index is 6.64. The van der Waals surface area contributed by atoms with E-state index in [1.807, 2.05) is 36.4 Å². The van der Waals surface area contributed by atoms with E-state index in [9.17, 15) is 0 Å². The summed E-state index contributed by atoms with van der Waals surface area (Å²) in [5, 5.41) is 7.85. The highest BCUT2D eigenvalue weighted by atomic mass is 16.3. The Morgan fingerprint density at radius 3 is 1.76 bits per heavy atom. The van der Waals surface area contributed by atoms with Crippen LogP contribution in [0.2, 0.25) is 0 Å². The lowest BCUT2D eigenvalue weighted by molar-refractivity contribution is 0.669. The third-order valence-corrected chi connectivity index (χ3v) is 11.4. The van der Waals surface area contributed by atoms with Crippen LogP contribution in [0, 0.1) is 0 Å². The van der Waals surface area contributed by atoms with E-state index in [4.69, 9.17) is 19.4 Å². The van der Waals surface area contributed by atoms with Crippen LogP contribution in [-0.4, -0.2) is 19.5 Å². The number of para-hydroxylation sites is 4. The fourth-order valence-electron chi connectivity index (χ4n) is 8.80. The molecular weight excluding hydrogens is 709 g/mol. The van der Waals surface area contributed by atoms with E-state index in [2.05, 4.69) is 162 Å². The minimum atomic E-state index is 0.670. The Labute approximate surface area is 333 Å². The summed E-state index contributed by atoms with van der Waals surface area (Å²) in [7, 11) is 0. The normalized spacial score (nSPS) is 11.8. The SMILES string of the molecule is c1ccc(-c2nc(-c3cccc(-n4c5ccccc5c5ccccc54)c3)cc(-c3ccc(-c4nc5ccccc5c5c4oc4ccccc45)c4ccccc34)n2)cc1. The Morgan fingerprint density at radius 2 is 0.983 bits per heavy atom. The molecule has 8 aromatic carbocycles. The van der Waals surface area contributed by atoms with Gasteiger partial charge < -0.3 is 8.98 Å². The van der Waals surface area contributed by atoms with Gasteiger partial charge in [0.1, 0.15) is 11.3 Å². The molecule has 5 heteroatoms. The van der Waals surface area contributed by atoms with Crippen molar-refractivity contribution in [3.63, 3.8) is 0 Å². The van der Waals surface area contributed by atoms with Crippen LogP contribution in [0.1, 0.15) is 0 Å². The Bertz CT molecular complexity index is 3530. The summed E-state index contributed by atoms with van der Waals surface area (Å²) < 4.78 is 8.99. The first kappa shape index (κ1) is 32.4. The van der Waals surface area contributed by atoms with Gasteiger partial charge in [0.25, 0.3) is 0 Å². The number of aromatic nitrogens is 4. The van der Waals surface area contributed by atoms with Gasteiger partial charge in [-0.1, -0.05) is 152 Å². The van der Waals surface area contributed by atoms with Crippen molar-refractivity contribution < 1.29 is 4.42 Å². The average molecular weight is 741 g/mol. The Balaban J connectivity index is 1.07. The molecule has 0 bridgehead atoms.